The van der Waals surface area contributed by atoms with E-state index in [1.54, 1.807) is 0 Å². The van der Waals surface area contributed by atoms with Crippen LogP contribution in [0.25, 0.3) is 0 Å². The second-order valence-corrected chi connectivity index (χ2v) is 8.22. The van der Waals surface area contributed by atoms with Crippen LogP contribution >= 0.6 is 0 Å². The molecule has 0 aromatic heterocycles. The molecular weight excluding hydrogens is 456 g/mol. The van der Waals surface area contributed by atoms with Crippen LogP contribution in [0.2, 0.25) is 0 Å². The smallest absolute Gasteiger partial charge is 0.187 e. The van der Waals surface area contributed by atoms with E-state index in [2.05, 4.69) is 0 Å². The molecule has 15 heteroatoms. The molecule has 0 saturated carbocycles. The number of rotatable bonds is 8. The molecule has 3 heterocycles. The summed E-state index contributed by atoms with van der Waals surface area (Å²) in [5, 5.41) is 99.1. The first kappa shape index (κ1) is 27.0. The number of aliphatic hydroxyl groups excluding tert-OH is 10. The highest BCUT2D eigenvalue weighted by Gasteiger charge is 2.52. The Morgan fingerprint density at radius 2 is 1.24 bits per heavy atom. The highest BCUT2D eigenvalue weighted by atomic mass is 16.7. The Labute approximate surface area is 187 Å². The summed E-state index contributed by atoms with van der Waals surface area (Å²) in [5.74, 6) is 0. The first-order valence-corrected chi connectivity index (χ1v) is 10.5. The molecule has 8 unspecified atom stereocenters. The predicted molar refractivity (Wildman–Crippen MR) is 100 cm³/mol. The monoisotopic (exact) mass is 488 g/mol. The fourth-order valence-electron chi connectivity index (χ4n) is 4.04. The third-order valence-corrected chi connectivity index (χ3v) is 5.98. The summed E-state index contributed by atoms with van der Waals surface area (Å²) in [6.07, 6.45) is -21.3. The number of hydrogen-bond acceptors (Lipinski definition) is 15. The Morgan fingerprint density at radius 1 is 0.697 bits per heavy atom. The van der Waals surface area contributed by atoms with E-state index in [-0.39, 0.29) is 6.61 Å². The third-order valence-electron chi connectivity index (χ3n) is 5.98. The van der Waals surface area contributed by atoms with Gasteiger partial charge in [0.25, 0.3) is 0 Å². The topological polar surface area (TPSA) is 248 Å². The van der Waals surface area contributed by atoms with Gasteiger partial charge < -0.3 is 74.7 Å². The molecule has 14 atom stereocenters. The minimum Gasteiger partial charge on any atom is -0.394 e. The summed E-state index contributed by atoms with van der Waals surface area (Å²) in [4.78, 5) is 0. The molecule has 3 aliphatic heterocycles. The van der Waals surface area contributed by atoms with Gasteiger partial charge in [-0.05, 0) is 0 Å². The van der Waals surface area contributed by atoms with E-state index in [0.29, 0.717) is 0 Å². The quantitative estimate of drug-likeness (QED) is 0.152. The van der Waals surface area contributed by atoms with E-state index in [1.807, 2.05) is 0 Å². The Morgan fingerprint density at radius 3 is 1.82 bits per heavy atom. The molecule has 0 aromatic carbocycles. The molecule has 194 valence electrons. The maximum absolute atomic E-state index is 10.6. The molecular formula is C18H32O15. The second-order valence-electron chi connectivity index (χ2n) is 8.22. The molecule has 33 heavy (non-hydrogen) atoms. The molecule has 3 rings (SSSR count). The van der Waals surface area contributed by atoms with Crippen LogP contribution in [-0.4, -0.2) is 163 Å². The van der Waals surface area contributed by atoms with Crippen LogP contribution in [0.1, 0.15) is 0 Å². The van der Waals surface area contributed by atoms with Crippen molar-refractivity contribution in [2.45, 2.75) is 85.8 Å². The predicted octanol–water partition coefficient (Wildman–Crippen LogP) is -6.89. The largest absolute Gasteiger partial charge is 0.394 e. The summed E-state index contributed by atoms with van der Waals surface area (Å²) in [5.41, 5.74) is 0. The molecule has 0 aliphatic carbocycles. The summed E-state index contributed by atoms with van der Waals surface area (Å²) in [7, 11) is 0. The van der Waals surface area contributed by atoms with Gasteiger partial charge in [-0.25, -0.2) is 0 Å². The molecule has 0 aromatic rings. The van der Waals surface area contributed by atoms with Crippen molar-refractivity contribution in [3.8, 4) is 0 Å². The summed E-state index contributed by atoms with van der Waals surface area (Å²) in [6, 6.07) is 0. The number of aliphatic hydroxyl groups is 10. The molecule has 3 aliphatic rings. The van der Waals surface area contributed by atoms with Crippen LogP contribution < -0.4 is 0 Å². The lowest BCUT2D eigenvalue weighted by Gasteiger charge is -2.46. The first-order chi connectivity index (χ1) is 15.6. The molecule has 0 amide bonds. The maximum atomic E-state index is 10.6. The van der Waals surface area contributed by atoms with Crippen molar-refractivity contribution >= 4 is 0 Å². The van der Waals surface area contributed by atoms with Crippen LogP contribution in [0, 0.1) is 0 Å². The van der Waals surface area contributed by atoms with Gasteiger partial charge in [-0.3, -0.25) is 0 Å². The van der Waals surface area contributed by atoms with E-state index in [4.69, 9.17) is 28.8 Å². The fourth-order valence-corrected chi connectivity index (χ4v) is 4.04. The average Bonchev–Trinajstić information content (AvgIpc) is 3.17. The van der Waals surface area contributed by atoms with Crippen LogP contribution in [0.3, 0.4) is 0 Å². The fraction of sp³-hybridized carbons (Fsp3) is 1.00. The zero-order chi connectivity index (χ0) is 24.4. The van der Waals surface area contributed by atoms with Gasteiger partial charge in [-0.2, -0.15) is 0 Å². The van der Waals surface area contributed by atoms with Crippen molar-refractivity contribution < 1.29 is 74.7 Å². The van der Waals surface area contributed by atoms with Gasteiger partial charge in [0.15, 0.2) is 12.6 Å². The third kappa shape index (κ3) is 5.48. The van der Waals surface area contributed by atoms with Gasteiger partial charge >= 0.3 is 0 Å². The molecule has 10 N–H and O–H groups in total. The average molecular weight is 488 g/mol. The standard InChI is InChI=1S/C18H32O15/c19-1-5(22)14-15(6(23)4-29-14)32-18-13(28)11(26)16(8(3-21)31-18)33-17-12(27)10(25)9(24)7(2-20)30-17/h5-28H,1-4H2/t5?,6?,7?,8?,9-,10-,11+,12?,13?,14?,15?,16+,17+,18+/m1/s1. The van der Waals surface area contributed by atoms with Crippen molar-refractivity contribution in [3.63, 3.8) is 0 Å². The Hall–Kier alpha value is -0.600. The van der Waals surface area contributed by atoms with E-state index >= 15 is 0 Å². The van der Waals surface area contributed by atoms with Crippen LogP contribution in [0.15, 0.2) is 0 Å². The molecule has 0 spiro atoms. The molecule has 0 radical (unpaired) electrons. The molecule has 0 bridgehead atoms. The van der Waals surface area contributed by atoms with Crippen molar-refractivity contribution in [2.75, 3.05) is 26.4 Å². The van der Waals surface area contributed by atoms with Crippen molar-refractivity contribution in [2.24, 2.45) is 0 Å². The van der Waals surface area contributed by atoms with Crippen LogP contribution in [0.5, 0.6) is 0 Å². The lowest BCUT2D eigenvalue weighted by atomic mass is 9.97. The number of hydrogen-bond donors (Lipinski definition) is 10. The van der Waals surface area contributed by atoms with Crippen LogP contribution in [0.4, 0.5) is 0 Å². The van der Waals surface area contributed by atoms with Crippen molar-refractivity contribution in [1.29, 1.82) is 0 Å². The first-order valence-electron chi connectivity index (χ1n) is 10.5. The summed E-state index contributed by atoms with van der Waals surface area (Å²) in [6.45, 7) is -2.41. The Kier molecular flexibility index (Phi) is 9.35. The van der Waals surface area contributed by atoms with Gasteiger partial charge in [-0.1, -0.05) is 0 Å². The van der Waals surface area contributed by atoms with E-state index in [1.165, 1.54) is 0 Å². The second kappa shape index (κ2) is 11.4. The van der Waals surface area contributed by atoms with E-state index in [9.17, 15) is 46.0 Å². The summed E-state index contributed by atoms with van der Waals surface area (Å²) < 4.78 is 26.8. The molecule has 15 nitrogen and oxygen atoms in total. The highest BCUT2D eigenvalue weighted by Crippen LogP contribution is 2.31. The minimum atomic E-state index is -1.82. The van der Waals surface area contributed by atoms with Gasteiger partial charge in [0.05, 0.1) is 26.4 Å². The van der Waals surface area contributed by atoms with E-state index < -0.39 is 106 Å². The van der Waals surface area contributed by atoms with Gasteiger partial charge in [0.1, 0.15) is 73.2 Å². The number of ether oxygens (including phenoxy) is 5. The zero-order valence-electron chi connectivity index (χ0n) is 17.4. The molecule has 3 fully saturated rings. The van der Waals surface area contributed by atoms with Gasteiger partial charge in [0, 0.05) is 0 Å². The molecule has 3 saturated heterocycles. The van der Waals surface area contributed by atoms with Crippen molar-refractivity contribution in [3.05, 3.63) is 0 Å². The van der Waals surface area contributed by atoms with Gasteiger partial charge in [-0.15, -0.1) is 0 Å². The van der Waals surface area contributed by atoms with E-state index in [0.717, 1.165) is 0 Å². The zero-order valence-corrected chi connectivity index (χ0v) is 17.4. The Bertz CT molecular complexity index is 607. The maximum Gasteiger partial charge on any atom is 0.187 e. The highest BCUT2D eigenvalue weighted by molar-refractivity contribution is 4.96. The van der Waals surface area contributed by atoms with Crippen LogP contribution in [-0.2, 0) is 23.7 Å². The lowest BCUT2D eigenvalue weighted by Crippen LogP contribution is -2.65. The SMILES string of the molecule is OCC(O)C1OCC(O)C1O[C@@H]1OC(CO)[C@H](O[C@@H]2OC(CO)[C@@H](O)[C@@H](O)C2O)[C@@H](O)C1O. The minimum absolute atomic E-state index is 0.232. The lowest BCUT2D eigenvalue weighted by molar-refractivity contribution is -0.365. The summed E-state index contributed by atoms with van der Waals surface area (Å²) >= 11 is 0. The Balaban J connectivity index is 1.70. The normalized spacial score (nSPS) is 49.8. The van der Waals surface area contributed by atoms with Crippen molar-refractivity contribution in [1.82, 2.24) is 0 Å². The van der Waals surface area contributed by atoms with Gasteiger partial charge in [0.2, 0.25) is 0 Å².